The molecule has 0 saturated carbocycles. The van der Waals surface area contributed by atoms with Crippen LogP contribution in [0.5, 0.6) is 0 Å². The third kappa shape index (κ3) is 2.70. The maximum Gasteiger partial charge on any atom is 0.125 e. The Morgan fingerprint density at radius 3 is 2.59 bits per heavy atom. The van der Waals surface area contributed by atoms with Crippen molar-refractivity contribution in [3.05, 3.63) is 54.0 Å². The van der Waals surface area contributed by atoms with Crippen molar-refractivity contribution >= 4 is 5.69 Å². The zero-order valence-corrected chi connectivity index (χ0v) is 10.4. The van der Waals surface area contributed by atoms with E-state index in [4.69, 9.17) is 4.42 Å². The summed E-state index contributed by atoms with van der Waals surface area (Å²) >= 11 is 0. The van der Waals surface area contributed by atoms with Crippen molar-refractivity contribution in [2.45, 2.75) is 32.7 Å². The lowest BCUT2D eigenvalue weighted by atomic mass is 10.1. The molecule has 0 spiro atoms. The van der Waals surface area contributed by atoms with E-state index >= 15 is 0 Å². The smallest absolute Gasteiger partial charge is 0.125 e. The van der Waals surface area contributed by atoms with Gasteiger partial charge in [0.25, 0.3) is 0 Å². The molecule has 17 heavy (non-hydrogen) atoms. The highest BCUT2D eigenvalue weighted by Crippen LogP contribution is 2.25. The van der Waals surface area contributed by atoms with Crippen LogP contribution in [0.2, 0.25) is 0 Å². The molecular weight excluding hydrogens is 210 g/mol. The number of rotatable bonds is 5. The van der Waals surface area contributed by atoms with Crippen LogP contribution in [0.15, 0.2) is 47.1 Å². The summed E-state index contributed by atoms with van der Waals surface area (Å²) in [6.45, 7) is 4.34. The van der Waals surface area contributed by atoms with Gasteiger partial charge in [-0.05, 0) is 36.6 Å². The fourth-order valence-electron chi connectivity index (χ4n) is 2.02. The van der Waals surface area contributed by atoms with Crippen molar-refractivity contribution in [2.75, 3.05) is 5.32 Å². The van der Waals surface area contributed by atoms with E-state index in [1.165, 1.54) is 11.3 Å². The highest BCUT2D eigenvalue weighted by atomic mass is 16.3. The van der Waals surface area contributed by atoms with Crippen LogP contribution in [-0.4, -0.2) is 0 Å². The molecule has 90 valence electrons. The Bertz CT molecular complexity index is 448. The second kappa shape index (κ2) is 5.58. The van der Waals surface area contributed by atoms with Crippen LogP contribution in [0.3, 0.4) is 0 Å². The molecule has 0 aliphatic heterocycles. The van der Waals surface area contributed by atoms with Crippen molar-refractivity contribution in [2.24, 2.45) is 0 Å². The fraction of sp³-hybridized carbons (Fsp3) is 0.333. The lowest BCUT2D eigenvalue weighted by Crippen LogP contribution is -2.10. The number of para-hydroxylation sites is 1. The van der Waals surface area contributed by atoms with E-state index in [-0.39, 0.29) is 6.04 Å². The molecule has 0 aliphatic rings. The number of benzene rings is 1. The molecule has 1 heterocycles. The van der Waals surface area contributed by atoms with Gasteiger partial charge in [0.1, 0.15) is 5.76 Å². The first-order valence-electron chi connectivity index (χ1n) is 6.23. The number of nitrogens with one attached hydrogen (secondary N) is 1. The molecule has 1 aromatic heterocycles. The molecule has 2 aromatic rings. The van der Waals surface area contributed by atoms with Gasteiger partial charge in [-0.15, -0.1) is 0 Å². The number of hydrogen-bond acceptors (Lipinski definition) is 2. The summed E-state index contributed by atoms with van der Waals surface area (Å²) in [4.78, 5) is 0. The van der Waals surface area contributed by atoms with Gasteiger partial charge in [0.2, 0.25) is 0 Å². The zero-order chi connectivity index (χ0) is 12.1. The predicted octanol–water partition coefficient (Wildman–Crippen LogP) is 4.41. The average Bonchev–Trinajstić information content (AvgIpc) is 2.90. The van der Waals surface area contributed by atoms with Crippen LogP contribution >= 0.6 is 0 Å². The van der Waals surface area contributed by atoms with Crippen LogP contribution in [0.1, 0.15) is 37.6 Å². The number of hydrogen-bond donors (Lipinski definition) is 1. The predicted molar refractivity (Wildman–Crippen MR) is 71.2 cm³/mol. The van der Waals surface area contributed by atoms with Crippen LogP contribution in [0, 0.1) is 0 Å². The van der Waals surface area contributed by atoms with Gasteiger partial charge in [-0.1, -0.05) is 32.0 Å². The summed E-state index contributed by atoms with van der Waals surface area (Å²) in [6, 6.07) is 12.6. The Morgan fingerprint density at radius 2 is 1.94 bits per heavy atom. The van der Waals surface area contributed by atoms with Gasteiger partial charge in [-0.25, -0.2) is 0 Å². The van der Waals surface area contributed by atoms with E-state index in [0.29, 0.717) is 0 Å². The minimum Gasteiger partial charge on any atom is -0.467 e. The number of anilines is 1. The molecule has 1 aromatic carbocycles. The Hall–Kier alpha value is -1.70. The molecule has 0 bridgehead atoms. The number of aryl methyl sites for hydroxylation is 1. The van der Waals surface area contributed by atoms with E-state index in [2.05, 4.69) is 43.4 Å². The van der Waals surface area contributed by atoms with Crippen molar-refractivity contribution in [3.63, 3.8) is 0 Å². The van der Waals surface area contributed by atoms with Gasteiger partial charge < -0.3 is 9.73 Å². The number of furan rings is 1. The van der Waals surface area contributed by atoms with Gasteiger partial charge in [0.05, 0.1) is 12.3 Å². The first-order chi connectivity index (χ1) is 8.35. The van der Waals surface area contributed by atoms with Crippen molar-refractivity contribution in [3.8, 4) is 0 Å². The van der Waals surface area contributed by atoms with E-state index < -0.39 is 0 Å². The SMILES string of the molecule is CCc1ccccc1NC(CC)c1ccco1. The lowest BCUT2D eigenvalue weighted by Gasteiger charge is -2.18. The molecule has 0 radical (unpaired) electrons. The van der Waals surface area contributed by atoms with E-state index in [1.807, 2.05) is 12.1 Å². The maximum atomic E-state index is 5.47. The molecular formula is C15H19NO. The third-order valence-electron chi connectivity index (χ3n) is 3.02. The van der Waals surface area contributed by atoms with Crippen LogP contribution in [-0.2, 0) is 6.42 Å². The van der Waals surface area contributed by atoms with Crippen molar-refractivity contribution < 1.29 is 4.42 Å². The zero-order valence-electron chi connectivity index (χ0n) is 10.4. The van der Waals surface area contributed by atoms with Gasteiger partial charge in [0.15, 0.2) is 0 Å². The summed E-state index contributed by atoms with van der Waals surface area (Å²) < 4.78 is 5.47. The minimum atomic E-state index is 0.248. The topological polar surface area (TPSA) is 25.2 Å². The van der Waals surface area contributed by atoms with Crippen LogP contribution < -0.4 is 5.32 Å². The van der Waals surface area contributed by atoms with Gasteiger partial charge >= 0.3 is 0 Å². The summed E-state index contributed by atoms with van der Waals surface area (Å²) in [5.41, 5.74) is 2.55. The molecule has 1 N–H and O–H groups in total. The summed E-state index contributed by atoms with van der Waals surface area (Å²) in [6.07, 6.45) is 3.77. The normalized spacial score (nSPS) is 12.4. The molecule has 1 atom stereocenters. The molecule has 0 amide bonds. The third-order valence-corrected chi connectivity index (χ3v) is 3.02. The quantitative estimate of drug-likeness (QED) is 0.821. The van der Waals surface area contributed by atoms with Crippen LogP contribution in [0.4, 0.5) is 5.69 Å². The largest absolute Gasteiger partial charge is 0.467 e. The molecule has 2 rings (SSSR count). The maximum absolute atomic E-state index is 5.47. The first-order valence-corrected chi connectivity index (χ1v) is 6.23. The second-order valence-corrected chi connectivity index (χ2v) is 4.13. The van der Waals surface area contributed by atoms with E-state index in [9.17, 15) is 0 Å². The summed E-state index contributed by atoms with van der Waals surface area (Å²) in [5, 5.41) is 3.56. The average molecular weight is 229 g/mol. The lowest BCUT2D eigenvalue weighted by molar-refractivity contribution is 0.474. The molecule has 0 fully saturated rings. The van der Waals surface area contributed by atoms with Gasteiger partial charge in [-0.2, -0.15) is 0 Å². The second-order valence-electron chi connectivity index (χ2n) is 4.13. The molecule has 1 unspecified atom stereocenters. The van der Waals surface area contributed by atoms with E-state index in [0.717, 1.165) is 18.6 Å². The fourth-order valence-corrected chi connectivity index (χ4v) is 2.02. The highest BCUT2D eigenvalue weighted by molar-refractivity contribution is 5.52. The molecule has 2 heteroatoms. The van der Waals surface area contributed by atoms with Gasteiger partial charge in [-0.3, -0.25) is 0 Å². The van der Waals surface area contributed by atoms with Gasteiger partial charge in [0, 0.05) is 5.69 Å². The summed E-state index contributed by atoms with van der Waals surface area (Å²) in [7, 11) is 0. The Labute approximate surface area is 103 Å². The molecule has 0 saturated heterocycles. The molecule has 0 aliphatic carbocycles. The minimum absolute atomic E-state index is 0.248. The first kappa shape index (κ1) is 11.8. The van der Waals surface area contributed by atoms with Crippen LogP contribution in [0.25, 0.3) is 0 Å². The Balaban J connectivity index is 2.18. The summed E-state index contributed by atoms with van der Waals surface area (Å²) in [5.74, 6) is 0.999. The Kier molecular flexibility index (Phi) is 3.86. The van der Waals surface area contributed by atoms with Crippen molar-refractivity contribution in [1.29, 1.82) is 0 Å². The van der Waals surface area contributed by atoms with Crippen molar-refractivity contribution in [1.82, 2.24) is 0 Å². The molecule has 2 nitrogen and oxygen atoms in total. The standard InChI is InChI=1S/C15H19NO/c1-3-12-8-5-6-9-14(12)16-13(4-2)15-10-7-11-17-15/h5-11,13,16H,3-4H2,1-2H3. The monoisotopic (exact) mass is 229 g/mol. The van der Waals surface area contributed by atoms with E-state index in [1.54, 1.807) is 6.26 Å². The Morgan fingerprint density at radius 1 is 1.12 bits per heavy atom. The highest BCUT2D eigenvalue weighted by Gasteiger charge is 2.12.